The normalized spacial score (nSPS) is 31.0. The fourth-order valence-corrected chi connectivity index (χ4v) is 2.91. The molecular weight excluding hydrogens is 268 g/mol. The predicted molar refractivity (Wildman–Crippen MR) is 80.8 cm³/mol. The maximum atomic E-state index is 10.1. The van der Waals surface area contributed by atoms with Crippen LogP contribution in [0.3, 0.4) is 0 Å². The summed E-state index contributed by atoms with van der Waals surface area (Å²) in [5.41, 5.74) is 1.15. The average Bonchev–Trinajstić information content (AvgIpc) is 2.50. The molecular formula is C17H26O4. The Labute approximate surface area is 126 Å². The molecule has 1 aliphatic heterocycles. The molecule has 1 fully saturated rings. The molecule has 1 heterocycles. The number of hydrogen-bond donors (Lipinski definition) is 2. The average molecular weight is 294 g/mol. The monoisotopic (exact) mass is 294 g/mol. The molecule has 4 heteroatoms. The molecule has 0 aromatic heterocycles. The zero-order chi connectivity index (χ0) is 15.2. The molecule has 0 unspecified atom stereocenters. The SMILES string of the molecule is C[C@@H]1[C@@H]([C@@H](C)COCc2ccccc2)O[C@@H](CO)C[C@H]1O. The van der Waals surface area contributed by atoms with E-state index >= 15 is 0 Å². The van der Waals surface area contributed by atoms with Gasteiger partial charge in [0.05, 0.1) is 38.1 Å². The Morgan fingerprint density at radius 3 is 2.71 bits per heavy atom. The van der Waals surface area contributed by atoms with Crippen molar-refractivity contribution in [2.75, 3.05) is 13.2 Å². The lowest BCUT2D eigenvalue weighted by molar-refractivity contribution is -0.166. The minimum atomic E-state index is -0.419. The minimum absolute atomic E-state index is 0.0438. The highest BCUT2D eigenvalue weighted by atomic mass is 16.5. The first-order valence-corrected chi connectivity index (χ1v) is 7.68. The fraction of sp³-hybridized carbons (Fsp3) is 0.647. The lowest BCUT2D eigenvalue weighted by Crippen LogP contribution is -2.47. The number of benzene rings is 1. The van der Waals surface area contributed by atoms with Crippen LogP contribution in [0.1, 0.15) is 25.8 Å². The number of rotatable bonds is 6. The number of hydrogen-bond acceptors (Lipinski definition) is 4. The predicted octanol–water partition coefficient (Wildman–Crippen LogP) is 1.99. The van der Waals surface area contributed by atoms with Gasteiger partial charge in [-0.25, -0.2) is 0 Å². The van der Waals surface area contributed by atoms with Crippen LogP contribution in [0, 0.1) is 11.8 Å². The molecule has 4 nitrogen and oxygen atoms in total. The smallest absolute Gasteiger partial charge is 0.0834 e. The van der Waals surface area contributed by atoms with Gasteiger partial charge in [0.15, 0.2) is 0 Å². The van der Waals surface area contributed by atoms with E-state index in [0.717, 1.165) is 5.56 Å². The second-order valence-corrected chi connectivity index (χ2v) is 6.05. The summed E-state index contributed by atoms with van der Waals surface area (Å²) < 4.78 is 11.7. The van der Waals surface area contributed by atoms with Crippen LogP contribution >= 0.6 is 0 Å². The van der Waals surface area contributed by atoms with Crippen molar-refractivity contribution in [2.24, 2.45) is 11.8 Å². The second kappa shape index (κ2) is 7.90. The van der Waals surface area contributed by atoms with Crippen LogP contribution in [-0.2, 0) is 16.1 Å². The second-order valence-electron chi connectivity index (χ2n) is 6.05. The van der Waals surface area contributed by atoms with Crippen molar-refractivity contribution in [3.63, 3.8) is 0 Å². The summed E-state index contributed by atoms with van der Waals surface area (Å²) in [6.45, 7) is 5.18. The molecule has 0 amide bonds. The molecule has 0 bridgehead atoms. The fourth-order valence-electron chi connectivity index (χ4n) is 2.91. The molecule has 1 aromatic carbocycles. The first-order chi connectivity index (χ1) is 10.1. The Bertz CT molecular complexity index is 409. The van der Waals surface area contributed by atoms with Gasteiger partial charge < -0.3 is 19.7 Å². The molecule has 1 aliphatic rings. The van der Waals surface area contributed by atoms with E-state index in [4.69, 9.17) is 9.47 Å². The van der Waals surface area contributed by atoms with E-state index in [0.29, 0.717) is 19.6 Å². The highest BCUT2D eigenvalue weighted by Crippen LogP contribution is 2.30. The topological polar surface area (TPSA) is 58.9 Å². The first-order valence-electron chi connectivity index (χ1n) is 7.68. The minimum Gasteiger partial charge on any atom is -0.394 e. The Morgan fingerprint density at radius 2 is 2.05 bits per heavy atom. The number of ether oxygens (including phenoxy) is 2. The van der Waals surface area contributed by atoms with Gasteiger partial charge in [0.1, 0.15) is 0 Å². The van der Waals surface area contributed by atoms with E-state index in [1.165, 1.54) is 0 Å². The van der Waals surface area contributed by atoms with Gasteiger partial charge in [0, 0.05) is 18.3 Å². The van der Waals surface area contributed by atoms with Crippen molar-refractivity contribution in [1.82, 2.24) is 0 Å². The van der Waals surface area contributed by atoms with Crippen LogP contribution in [-0.4, -0.2) is 41.7 Å². The van der Waals surface area contributed by atoms with Crippen molar-refractivity contribution in [3.05, 3.63) is 35.9 Å². The number of aliphatic hydroxyl groups excluding tert-OH is 2. The largest absolute Gasteiger partial charge is 0.394 e. The molecule has 1 aromatic rings. The van der Waals surface area contributed by atoms with E-state index in [1.54, 1.807) is 0 Å². The van der Waals surface area contributed by atoms with Gasteiger partial charge in [-0.15, -0.1) is 0 Å². The molecule has 1 saturated heterocycles. The molecule has 118 valence electrons. The summed E-state index contributed by atoms with van der Waals surface area (Å²) in [6, 6.07) is 10.1. The molecule has 2 N–H and O–H groups in total. The maximum absolute atomic E-state index is 10.1. The van der Waals surface area contributed by atoms with E-state index < -0.39 is 6.10 Å². The van der Waals surface area contributed by atoms with Gasteiger partial charge in [-0.1, -0.05) is 44.2 Å². The van der Waals surface area contributed by atoms with Crippen LogP contribution in [0.2, 0.25) is 0 Å². The van der Waals surface area contributed by atoms with Crippen molar-refractivity contribution in [3.8, 4) is 0 Å². The molecule has 2 rings (SSSR count). The van der Waals surface area contributed by atoms with Gasteiger partial charge in [0.25, 0.3) is 0 Å². The summed E-state index contributed by atoms with van der Waals surface area (Å²) in [5.74, 6) is 0.232. The van der Waals surface area contributed by atoms with Crippen LogP contribution in [0.4, 0.5) is 0 Å². The lowest BCUT2D eigenvalue weighted by Gasteiger charge is -2.40. The van der Waals surface area contributed by atoms with Gasteiger partial charge >= 0.3 is 0 Å². The summed E-state index contributed by atoms with van der Waals surface area (Å²) in [4.78, 5) is 0. The standard InChI is InChI=1S/C17H26O4/c1-12(10-20-11-14-6-4-3-5-7-14)17-13(2)16(19)8-15(9-18)21-17/h3-7,12-13,15-19H,8-11H2,1-2H3/t12-,13-,15+,16+,17+/m0/s1. The summed E-state index contributed by atoms with van der Waals surface area (Å²) >= 11 is 0. The van der Waals surface area contributed by atoms with Gasteiger partial charge in [-0.2, -0.15) is 0 Å². The highest BCUT2D eigenvalue weighted by Gasteiger charge is 2.37. The third-order valence-electron chi connectivity index (χ3n) is 4.24. The zero-order valence-corrected chi connectivity index (χ0v) is 12.8. The van der Waals surface area contributed by atoms with Crippen LogP contribution in [0.5, 0.6) is 0 Å². The van der Waals surface area contributed by atoms with Crippen molar-refractivity contribution in [1.29, 1.82) is 0 Å². The quantitative estimate of drug-likeness (QED) is 0.842. The van der Waals surface area contributed by atoms with Crippen LogP contribution in [0.15, 0.2) is 30.3 Å². The number of aliphatic hydroxyl groups is 2. The Kier molecular flexibility index (Phi) is 6.18. The third kappa shape index (κ3) is 4.51. The molecule has 0 spiro atoms. The Hall–Kier alpha value is -0.940. The van der Waals surface area contributed by atoms with Gasteiger partial charge in [-0.05, 0) is 5.56 Å². The van der Waals surface area contributed by atoms with Crippen molar-refractivity contribution >= 4 is 0 Å². The summed E-state index contributed by atoms with van der Waals surface area (Å²) in [6.07, 6.45) is -0.261. The lowest BCUT2D eigenvalue weighted by atomic mass is 9.84. The van der Waals surface area contributed by atoms with Crippen LogP contribution in [0.25, 0.3) is 0 Å². The third-order valence-corrected chi connectivity index (χ3v) is 4.24. The zero-order valence-electron chi connectivity index (χ0n) is 12.8. The molecule has 0 aliphatic carbocycles. The molecule has 0 saturated carbocycles. The van der Waals surface area contributed by atoms with Gasteiger partial charge in [0.2, 0.25) is 0 Å². The summed E-state index contributed by atoms with van der Waals surface area (Å²) in [5, 5.41) is 19.3. The maximum Gasteiger partial charge on any atom is 0.0834 e. The Balaban J connectivity index is 1.82. The van der Waals surface area contributed by atoms with Gasteiger partial charge in [-0.3, -0.25) is 0 Å². The van der Waals surface area contributed by atoms with Crippen molar-refractivity contribution in [2.45, 2.75) is 45.2 Å². The molecule has 21 heavy (non-hydrogen) atoms. The molecule has 5 atom stereocenters. The van der Waals surface area contributed by atoms with Crippen LogP contribution < -0.4 is 0 Å². The van der Waals surface area contributed by atoms with E-state index in [9.17, 15) is 10.2 Å². The van der Waals surface area contributed by atoms with E-state index in [-0.39, 0.29) is 30.7 Å². The first kappa shape index (κ1) is 16.4. The Morgan fingerprint density at radius 1 is 1.33 bits per heavy atom. The highest BCUT2D eigenvalue weighted by molar-refractivity contribution is 5.13. The van der Waals surface area contributed by atoms with E-state index in [1.807, 2.05) is 37.3 Å². The molecule has 0 radical (unpaired) electrons. The van der Waals surface area contributed by atoms with E-state index in [2.05, 4.69) is 6.92 Å². The van der Waals surface area contributed by atoms with Crippen molar-refractivity contribution < 1.29 is 19.7 Å². The summed E-state index contributed by atoms with van der Waals surface area (Å²) in [7, 11) is 0.